The number of nitrogens with two attached hydrogens (primary N) is 1. The Bertz CT molecular complexity index is 430. The van der Waals surface area contributed by atoms with E-state index in [-0.39, 0.29) is 18.0 Å². The molecule has 0 spiro atoms. The summed E-state index contributed by atoms with van der Waals surface area (Å²) >= 11 is 0. The van der Waals surface area contributed by atoms with Crippen LogP contribution in [0.5, 0.6) is 0 Å². The largest absolute Gasteiger partial charge is 0.397 e. The summed E-state index contributed by atoms with van der Waals surface area (Å²) in [5, 5.41) is 3.82. The third-order valence-electron chi connectivity index (χ3n) is 3.05. The topological polar surface area (TPSA) is 49.6 Å². The Balaban J connectivity index is 2.42. The van der Waals surface area contributed by atoms with E-state index in [0.717, 1.165) is 5.69 Å². The molecule has 17 heavy (non-hydrogen) atoms. The van der Waals surface area contributed by atoms with E-state index in [2.05, 4.69) is 0 Å². The Morgan fingerprint density at radius 3 is 2.59 bits per heavy atom. The van der Waals surface area contributed by atoms with Gasteiger partial charge in [-0.1, -0.05) is 12.1 Å². The number of hydrazine groups is 1. The molecule has 1 aromatic rings. The fourth-order valence-electron chi connectivity index (χ4n) is 2.35. The second kappa shape index (κ2) is 4.28. The van der Waals surface area contributed by atoms with Gasteiger partial charge in [0, 0.05) is 6.04 Å². The maximum atomic E-state index is 12.0. The first-order valence-corrected chi connectivity index (χ1v) is 5.98. The summed E-state index contributed by atoms with van der Waals surface area (Å²) in [5.41, 5.74) is 7.62. The maximum Gasteiger partial charge on any atom is 0.243 e. The summed E-state index contributed by atoms with van der Waals surface area (Å²) in [7, 11) is 0. The van der Waals surface area contributed by atoms with Crippen LogP contribution in [-0.4, -0.2) is 23.0 Å². The molecule has 0 saturated carbocycles. The lowest BCUT2D eigenvalue weighted by Crippen LogP contribution is -2.46. The van der Waals surface area contributed by atoms with Crippen molar-refractivity contribution in [1.82, 2.24) is 5.01 Å². The highest BCUT2D eigenvalue weighted by atomic mass is 16.2. The Morgan fingerprint density at radius 1 is 1.35 bits per heavy atom. The van der Waals surface area contributed by atoms with Crippen LogP contribution in [0.4, 0.5) is 11.4 Å². The molecule has 1 amide bonds. The van der Waals surface area contributed by atoms with Gasteiger partial charge in [0.2, 0.25) is 5.91 Å². The first-order valence-electron chi connectivity index (χ1n) is 5.98. The monoisotopic (exact) mass is 233 g/mol. The molecule has 4 nitrogen and oxygen atoms in total. The van der Waals surface area contributed by atoms with Crippen molar-refractivity contribution in [3.8, 4) is 0 Å². The van der Waals surface area contributed by atoms with Crippen LogP contribution in [0.1, 0.15) is 27.2 Å². The van der Waals surface area contributed by atoms with Crippen molar-refractivity contribution >= 4 is 17.3 Å². The van der Waals surface area contributed by atoms with E-state index in [1.54, 1.807) is 5.01 Å². The molecule has 0 aromatic heterocycles. The molecule has 1 atom stereocenters. The summed E-state index contributed by atoms with van der Waals surface area (Å²) < 4.78 is 0. The first-order chi connectivity index (χ1) is 8.02. The number of carbonyl (C=O) groups is 1. The summed E-state index contributed by atoms with van der Waals surface area (Å²) in [5.74, 6) is 0.163. The second-order valence-electron chi connectivity index (χ2n) is 4.79. The standard InChI is InChI=1S/C13H19N3O/c1-9(2)15-13(17)8-10(3)16(15)12-7-5-4-6-11(12)14/h4-7,9-10H,8,14H2,1-3H3. The Morgan fingerprint density at radius 2 is 2.00 bits per heavy atom. The van der Waals surface area contributed by atoms with Gasteiger partial charge in [0.15, 0.2) is 0 Å². The molecule has 1 fully saturated rings. The van der Waals surface area contributed by atoms with E-state index >= 15 is 0 Å². The number of hydrogen-bond acceptors (Lipinski definition) is 3. The summed E-state index contributed by atoms with van der Waals surface area (Å²) in [6.07, 6.45) is 0.548. The number of amides is 1. The van der Waals surface area contributed by atoms with Gasteiger partial charge in [-0.05, 0) is 32.9 Å². The number of carbonyl (C=O) groups excluding carboxylic acids is 1. The first kappa shape index (κ1) is 11.8. The van der Waals surface area contributed by atoms with Crippen molar-refractivity contribution in [3.63, 3.8) is 0 Å². The summed E-state index contributed by atoms with van der Waals surface area (Å²) in [6, 6.07) is 7.98. The van der Waals surface area contributed by atoms with Gasteiger partial charge in [-0.25, -0.2) is 0 Å². The fraction of sp³-hybridized carbons (Fsp3) is 0.462. The van der Waals surface area contributed by atoms with Crippen molar-refractivity contribution in [2.24, 2.45) is 0 Å². The van der Waals surface area contributed by atoms with E-state index in [9.17, 15) is 4.79 Å². The number of anilines is 2. The van der Waals surface area contributed by atoms with Crippen LogP contribution in [-0.2, 0) is 4.79 Å². The average Bonchev–Trinajstić information content (AvgIpc) is 2.54. The molecular weight excluding hydrogens is 214 g/mol. The minimum atomic E-state index is 0.145. The average molecular weight is 233 g/mol. The third-order valence-corrected chi connectivity index (χ3v) is 3.05. The number of nitrogens with zero attached hydrogens (tertiary/aromatic N) is 2. The zero-order valence-electron chi connectivity index (χ0n) is 10.6. The van der Waals surface area contributed by atoms with Gasteiger partial charge in [-0.3, -0.25) is 14.8 Å². The SMILES string of the molecule is CC(C)N1C(=O)CC(C)N1c1ccccc1N. The smallest absolute Gasteiger partial charge is 0.243 e. The number of nitrogen functional groups attached to an aromatic ring is 1. The lowest BCUT2D eigenvalue weighted by molar-refractivity contribution is -0.129. The summed E-state index contributed by atoms with van der Waals surface area (Å²) in [6.45, 7) is 6.08. The van der Waals surface area contributed by atoms with E-state index in [1.807, 2.05) is 50.0 Å². The lowest BCUT2D eigenvalue weighted by atomic mass is 10.2. The Hall–Kier alpha value is -1.71. The van der Waals surface area contributed by atoms with Crippen LogP contribution < -0.4 is 10.7 Å². The van der Waals surface area contributed by atoms with Gasteiger partial charge < -0.3 is 5.73 Å². The molecule has 2 N–H and O–H groups in total. The van der Waals surface area contributed by atoms with Crippen LogP contribution in [0, 0.1) is 0 Å². The molecule has 0 aliphatic carbocycles. The number of rotatable bonds is 2. The molecule has 2 rings (SSSR count). The van der Waals surface area contributed by atoms with Crippen molar-refractivity contribution in [2.45, 2.75) is 39.3 Å². The van der Waals surface area contributed by atoms with Gasteiger partial charge in [-0.15, -0.1) is 0 Å². The Labute approximate surface area is 102 Å². The fourth-order valence-corrected chi connectivity index (χ4v) is 2.35. The van der Waals surface area contributed by atoms with E-state index in [1.165, 1.54) is 0 Å². The van der Waals surface area contributed by atoms with Crippen molar-refractivity contribution in [3.05, 3.63) is 24.3 Å². The van der Waals surface area contributed by atoms with E-state index < -0.39 is 0 Å². The van der Waals surface area contributed by atoms with E-state index in [0.29, 0.717) is 12.1 Å². The maximum absolute atomic E-state index is 12.0. The molecule has 1 heterocycles. The highest BCUT2D eigenvalue weighted by molar-refractivity contribution is 5.85. The van der Waals surface area contributed by atoms with Gasteiger partial charge in [0.1, 0.15) is 0 Å². The zero-order chi connectivity index (χ0) is 12.6. The van der Waals surface area contributed by atoms with Crippen molar-refractivity contribution in [2.75, 3.05) is 10.7 Å². The molecule has 1 aliphatic rings. The van der Waals surface area contributed by atoms with E-state index in [4.69, 9.17) is 5.73 Å². The highest BCUT2D eigenvalue weighted by Gasteiger charge is 2.37. The van der Waals surface area contributed by atoms with Crippen LogP contribution in [0.2, 0.25) is 0 Å². The molecule has 1 unspecified atom stereocenters. The van der Waals surface area contributed by atoms with Gasteiger partial charge >= 0.3 is 0 Å². The highest BCUT2D eigenvalue weighted by Crippen LogP contribution is 2.32. The quantitative estimate of drug-likeness (QED) is 0.795. The van der Waals surface area contributed by atoms with Gasteiger partial charge in [-0.2, -0.15) is 0 Å². The molecular formula is C13H19N3O. The molecule has 0 bridgehead atoms. The molecule has 1 aromatic carbocycles. The number of benzene rings is 1. The minimum absolute atomic E-state index is 0.145. The second-order valence-corrected chi connectivity index (χ2v) is 4.79. The normalized spacial score (nSPS) is 20.5. The van der Waals surface area contributed by atoms with Gasteiger partial charge in [0.05, 0.1) is 23.8 Å². The van der Waals surface area contributed by atoms with Crippen LogP contribution in [0.3, 0.4) is 0 Å². The number of hydrogen-bond donors (Lipinski definition) is 1. The van der Waals surface area contributed by atoms with Crippen LogP contribution in [0.15, 0.2) is 24.3 Å². The van der Waals surface area contributed by atoms with Crippen molar-refractivity contribution < 1.29 is 4.79 Å². The van der Waals surface area contributed by atoms with Crippen molar-refractivity contribution in [1.29, 1.82) is 0 Å². The zero-order valence-corrected chi connectivity index (χ0v) is 10.6. The Kier molecular flexibility index (Phi) is 2.96. The predicted octanol–water partition coefficient (Wildman–Crippen LogP) is 2.02. The summed E-state index contributed by atoms with van der Waals surface area (Å²) in [4.78, 5) is 12.0. The van der Waals surface area contributed by atoms with Crippen LogP contribution >= 0.6 is 0 Å². The molecule has 0 radical (unpaired) electrons. The minimum Gasteiger partial charge on any atom is -0.397 e. The molecule has 1 saturated heterocycles. The molecule has 4 heteroatoms. The van der Waals surface area contributed by atoms with Gasteiger partial charge in [0.25, 0.3) is 0 Å². The molecule has 1 aliphatic heterocycles. The lowest BCUT2D eigenvalue weighted by Gasteiger charge is -2.36. The van der Waals surface area contributed by atoms with Crippen LogP contribution in [0.25, 0.3) is 0 Å². The number of para-hydroxylation sites is 2. The third kappa shape index (κ3) is 1.95. The predicted molar refractivity (Wildman–Crippen MR) is 69.4 cm³/mol. The molecule has 92 valence electrons.